The molecule has 0 rings (SSSR count). The third-order valence-electron chi connectivity index (χ3n) is 2.88. The van der Waals surface area contributed by atoms with Gasteiger partial charge in [0.25, 0.3) is 0 Å². The molecule has 0 heterocycles. The van der Waals surface area contributed by atoms with Gasteiger partial charge in [0, 0.05) is 25.5 Å². The van der Waals surface area contributed by atoms with E-state index in [9.17, 15) is 14.4 Å². The van der Waals surface area contributed by atoms with Crippen molar-refractivity contribution in [3.63, 3.8) is 0 Å². The van der Waals surface area contributed by atoms with Gasteiger partial charge < -0.3 is 24.4 Å². The van der Waals surface area contributed by atoms with Gasteiger partial charge >= 0.3 is 17.9 Å². The van der Waals surface area contributed by atoms with Gasteiger partial charge in [-0.1, -0.05) is 33.3 Å². The summed E-state index contributed by atoms with van der Waals surface area (Å²) in [6.07, 6.45) is 6.94. The molecule has 0 aliphatic heterocycles. The molecule has 0 saturated heterocycles. The number of ether oxygens (including phenoxy) is 3. The van der Waals surface area contributed by atoms with Crippen LogP contribution in [0, 0.1) is 0 Å². The summed E-state index contributed by atoms with van der Waals surface area (Å²) in [5.41, 5.74) is -0.728. The van der Waals surface area contributed by atoms with Gasteiger partial charge in [-0.25, -0.2) is 9.59 Å². The Morgan fingerprint density at radius 3 is 1.57 bits per heavy atom. The van der Waals surface area contributed by atoms with Crippen LogP contribution in [0.25, 0.3) is 0 Å². The second kappa shape index (κ2) is 21.5. The maximum absolute atomic E-state index is 11.0. The van der Waals surface area contributed by atoms with Crippen LogP contribution in [0.4, 0.5) is 0 Å². The van der Waals surface area contributed by atoms with Crippen LogP contribution in [0.3, 0.4) is 0 Å². The second-order valence-electron chi connectivity index (χ2n) is 7.02. The normalized spacial score (nSPS) is 11.2. The maximum Gasteiger partial charge on any atom is 0.331 e. The van der Waals surface area contributed by atoms with Crippen LogP contribution >= 0.6 is 0 Å². The average molecular weight is 433 g/mol. The molecule has 0 bridgehead atoms. The van der Waals surface area contributed by atoms with Crippen molar-refractivity contribution in [1.29, 1.82) is 0 Å². The molecule has 0 aromatic rings. The van der Waals surface area contributed by atoms with Gasteiger partial charge in [0.15, 0.2) is 0 Å². The van der Waals surface area contributed by atoms with Crippen molar-refractivity contribution in [1.82, 2.24) is 0 Å². The topological polar surface area (TPSA) is 119 Å². The van der Waals surface area contributed by atoms with E-state index in [4.69, 9.17) is 19.7 Å². The predicted octanol–water partition coefficient (Wildman–Crippen LogP) is 3.45. The quantitative estimate of drug-likeness (QED) is 0.167. The van der Waals surface area contributed by atoms with Gasteiger partial charge in [-0.05, 0) is 33.6 Å². The zero-order valence-electron chi connectivity index (χ0n) is 19.3. The fourth-order valence-electron chi connectivity index (χ4n) is 1.71. The summed E-state index contributed by atoms with van der Waals surface area (Å²) in [5, 5.41) is 17.8. The SMILES string of the molecule is C=COC(C)=O.CC(O)CC(C)(C)O.CCCCOC(=O)/C=C\C(=O)OCCCC. The van der Waals surface area contributed by atoms with E-state index in [1.807, 2.05) is 13.8 Å². The van der Waals surface area contributed by atoms with Gasteiger partial charge in [0.05, 0.1) is 31.2 Å². The van der Waals surface area contributed by atoms with Gasteiger partial charge in [0.2, 0.25) is 0 Å². The third-order valence-corrected chi connectivity index (χ3v) is 2.88. The Balaban J connectivity index is -0.000000431. The molecular formula is C22H40O8. The molecule has 0 aromatic heterocycles. The molecule has 0 amide bonds. The van der Waals surface area contributed by atoms with Gasteiger partial charge in [-0.3, -0.25) is 4.79 Å². The molecule has 0 spiro atoms. The Hall–Kier alpha value is -2.19. The zero-order chi connectivity index (χ0) is 24.0. The van der Waals surface area contributed by atoms with Crippen molar-refractivity contribution in [2.24, 2.45) is 0 Å². The molecule has 0 fully saturated rings. The first-order valence-corrected chi connectivity index (χ1v) is 10.1. The van der Waals surface area contributed by atoms with E-state index in [1.54, 1.807) is 20.8 Å². The third kappa shape index (κ3) is 36.7. The maximum atomic E-state index is 11.0. The molecule has 1 unspecified atom stereocenters. The Morgan fingerprint density at radius 2 is 1.40 bits per heavy atom. The van der Waals surface area contributed by atoms with E-state index < -0.39 is 23.6 Å². The molecule has 0 aliphatic rings. The molecule has 8 heteroatoms. The van der Waals surface area contributed by atoms with Crippen LogP contribution in [0.15, 0.2) is 25.0 Å². The minimum absolute atomic E-state index is 0.329. The van der Waals surface area contributed by atoms with Crippen molar-refractivity contribution < 1.29 is 38.8 Å². The second-order valence-corrected chi connectivity index (χ2v) is 7.02. The highest BCUT2D eigenvalue weighted by atomic mass is 16.5. The molecule has 30 heavy (non-hydrogen) atoms. The van der Waals surface area contributed by atoms with Crippen molar-refractivity contribution >= 4 is 17.9 Å². The van der Waals surface area contributed by atoms with Crippen LogP contribution in [0.2, 0.25) is 0 Å². The molecule has 176 valence electrons. The van der Waals surface area contributed by atoms with Crippen LogP contribution in [-0.2, 0) is 28.6 Å². The highest BCUT2D eigenvalue weighted by Crippen LogP contribution is 2.09. The first-order valence-electron chi connectivity index (χ1n) is 10.1. The summed E-state index contributed by atoms with van der Waals surface area (Å²) < 4.78 is 13.8. The minimum atomic E-state index is -0.728. The highest BCUT2D eigenvalue weighted by molar-refractivity contribution is 5.91. The number of aliphatic hydroxyl groups excluding tert-OH is 1. The summed E-state index contributed by atoms with van der Waals surface area (Å²) in [5.74, 6) is -1.33. The van der Waals surface area contributed by atoms with E-state index in [1.165, 1.54) is 6.92 Å². The van der Waals surface area contributed by atoms with Gasteiger partial charge in [-0.2, -0.15) is 0 Å². The van der Waals surface area contributed by atoms with E-state index >= 15 is 0 Å². The van der Waals surface area contributed by atoms with Crippen molar-refractivity contribution in [3.05, 3.63) is 25.0 Å². The summed E-state index contributed by atoms with van der Waals surface area (Å²) in [4.78, 5) is 31.8. The standard InChI is InChI=1S/C12H20O4.C6H14O2.C4H6O2/c1-3-5-9-15-11(13)7-8-12(14)16-10-6-4-2;1-5(7)4-6(2,3)8;1-3-6-4(2)5/h7-8H,3-6,9-10H2,1-2H3;5,7-8H,4H2,1-3H3;3H,1H2,2H3/b8-7-;;. The number of esters is 3. The monoisotopic (exact) mass is 432 g/mol. The largest absolute Gasteiger partial charge is 0.463 e. The lowest BCUT2D eigenvalue weighted by molar-refractivity contribution is -0.140. The Morgan fingerprint density at radius 1 is 1.00 bits per heavy atom. The number of carbonyl (C=O) groups excluding carboxylic acids is 3. The van der Waals surface area contributed by atoms with Crippen molar-refractivity contribution in [2.75, 3.05) is 13.2 Å². The number of carbonyl (C=O) groups is 3. The molecule has 0 saturated carbocycles. The van der Waals surface area contributed by atoms with E-state index in [0.29, 0.717) is 19.6 Å². The Kier molecular flexibility index (Phi) is 23.3. The fourth-order valence-corrected chi connectivity index (χ4v) is 1.71. The Labute approximate surface area is 180 Å². The van der Waals surface area contributed by atoms with E-state index in [2.05, 4.69) is 11.3 Å². The first-order chi connectivity index (χ1) is 13.9. The van der Waals surface area contributed by atoms with Crippen molar-refractivity contribution in [2.45, 2.75) is 85.4 Å². The average Bonchev–Trinajstić information content (AvgIpc) is 2.59. The van der Waals surface area contributed by atoms with Crippen LogP contribution < -0.4 is 0 Å². The van der Waals surface area contributed by atoms with Crippen LogP contribution in [0.5, 0.6) is 0 Å². The lowest BCUT2D eigenvalue weighted by Crippen LogP contribution is -2.24. The van der Waals surface area contributed by atoms with E-state index in [-0.39, 0.29) is 5.97 Å². The number of rotatable bonds is 11. The van der Waals surface area contributed by atoms with Gasteiger partial charge in [-0.15, -0.1) is 0 Å². The number of unbranched alkanes of at least 4 members (excludes halogenated alkanes) is 2. The smallest absolute Gasteiger partial charge is 0.331 e. The number of hydrogen-bond donors (Lipinski definition) is 2. The summed E-state index contributed by atoms with van der Waals surface area (Å²) in [7, 11) is 0. The molecular weight excluding hydrogens is 392 g/mol. The first kappa shape index (κ1) is 32.5. The summed E-state index contributed by atoms with van der Waals surface area (Å²) in [6, 6.07) is 0. The highest BCUT2D eigenvalue weighted by Gasteiger charge is 2.14. The van der Waals surface area contributed by atoms with Crippen LogP contribution in [-0.4, -0.2) is 53.0 Å². The summed E-state index contributed by atoms with van der Waals surface area (Å²) >= 11 is 0. The molecule has 2 N–H and O–H groups in total. The van der Waals surface area contributed by atoms with Crippen LogP contribution in [0.1, 0.15) is 73.6 Å². The molecule has 1 atom stereocenters. The number of aliphatic hydroxyl groups is 2. The molecule has 0 radical (unpaired) electrons. The zero-order valence-corrected chi connectivity index (χ0v) is 19.3. The van der Waals surface area contributed by atoms with E-state index in [0.717, 1.165) is 44.1 Å². The lowest BCUT2D eigenvalue weighted by Gasteiger charge is -2.17. The fraction of sp³-hybridized carbons (Fsp3) is 0.682. The lowest BCUT2D eigenvalue weighted by atomic mass is 10.0. The summed E-state index contributed by atoms with van der Waals surface area (Å²) in [6.45, 7) is 14.3. The minimum Gasteiger partial charge on any atom is -0.463 e. The molecule has 8 nitrogen and oxygen atoms in total. The Bertz CT molecular complexity index is 466. The molecule has 0 aliphatic carbocycles. The molecule has 0 aromatic carbocycles. The van der Waals surface area contributed by atoms with Crippen molar-refractivity contribution in [3.8, 4) is 0 Å². The van der Waals surface area contributed by atoms with Gasteiger partial charge in [0.1, 0.15) is 0 Å². The number of hydrogen-bond acceptors (Lipinski definition) is 8. The predicted molar refractivity (Wildman–Crippen MR) is 115 cm³/mol.